The summed E-state index contributed by atoms with van der Waals surface area (Å²) in [6.07, 6.45) is 2.87. The monoisotopic (exact) mass is 346 g/mol. The van der Waals surface area contributed by atoms with Gasteiger partial charge in [0.15, 0.2) is 5.65 Å². The number of allylic oxidation sites excluding steroid dienone is 1. The van der Waals surface area contributed by atoms with E-state index in [1.54, 1.807) is 11.8 Å². The molecule has 0 atom stereocenters. The lowest BCUT2D eigenvalue weighted by molar-refractivity contribution is 0.827. The van der Waals surface area contributed by atoms with Gasteiger partial charge in [0, 0.05) is 17.7 Å². The molecule has 0 N–H and O–H groups in total. The SMILES string of the molecule is C=CCn1c2ccccc2c2nnc(SCCc3ccccc3)nc21. The van der Waals surface area contributed by atoms with Crippen molar-refractivity contribution in [2.75, 3.05) is 5.75 Å². The molecule has 2 aromatic heterocycles. The first-order valence-electron chi connectivity index (χ1n) is 8.26. The Morgan fingerprint density at radius 1 is 1.00 bits per heavy atom. The summed E-state index contributed by atoms with van der Waals surface area (Å²) in [5, 5.41) is 10.6. The number of hydrogen-bond acceptors (Lipinski definition) is 4. The van der Waals surface area contributed by atoms with E-state index >= 15 is 0 Å². The van der Waals surface area contributed by atoms with Crippen LogP contribution in [0.5, 0.6) is 0 Å². The molecular formula is C20H18N4S. The van der Waals surface area contributed by atoms with Gasteiger partial charge >= 0.3 is 0 Å². The van der Waals surface area contributed by atoms with Crippen molar-refractivity contribution in [3.63, 3.8) is 0 Å². The maximum Gasteiger partial charge on any atom is 0.211 e. The van der Waals surface area contributed by atoms with Crippen LogP contribution in [-0.4, -0.2) is 25.5 Å². The number of hydrogen-bond donors (Lipinski definition) is 0. The lowest BCUT2D eigenvalue weighted by Crippen LogP contribution is -1.99. The number of rotatable bonds is 6. The normalized spacial score (nSPS) is 11.2. The molecule has 0 spiro atoms. The van der Waals surface area contributed by atoms with Crippen molar-refractivity contribution in [2.24, 2.45) is 0 Å². The molecule has 0 saturated carbocycles. The molecule has 124 valence electrons. The van der Waals surface area contributed by atoms with Crippen molar-refractivity contribution in [1.29, 1.82) is 0 Å². The molecular weight excluding hydrogens is 328 g/mol. The summed E-state index contributed by atoms with van der Waals surface area (Å²) in [5.41, 5.74) is 4.17. The highest BCUT2D eigenvalue weighted by Crippen LogP contribution is 2.27. The average molecular weight is 346 g/mol. The Kier molecular flexibility index (Phi) is 4.48. The second-order valence-electron chi connectivity index (χ2n) is 5.77. The molecule has 2 aromatic carbocycles. The maximum absolute atomic E-state index is 4.77. The van der Waals surface area contributed by atoms with Crippen molar-refractivity contribution in [3.05, 3.63) is 72.8 Å². The molecule has 4 rings (SSSR count). The highest BCUT2D eigenvalue weighted by Gasteiger charge is 2.13. The Labute approximate surface area is 150 Å². The smallest absolute Gasteiger partial charge is 0.211 e. The Bertz CT molecular complexity index is 1020. The number of thioether (sulfide) groups is 1. The Hall–Kier alpha value is -2.66. The largest absolute Gasteiger partial charge is 0.320 e. The molecule has 0 aliphatic heterocycles. The molecule has 0 amide bonds. The number of fused-ring (bicyclic) bond motifs is 3. The van der Waals surface area contributed by atoms with Crippen LogP contribution in [0.2, 0.25) is 0 Å². The first kappa shape index (κ1) is 15.8. The van der Waals surface area contributed by atoms with Gasteiger partial charge in [-0.25, -0.2) is 4.98 Å². The summed E-state index contributed by atoms with van der Waals surface area (Å²) in [7, 11) is 0. The van der Waals surface area contributed by atoms with Gasteiger partial charge in [0.25, 0.3) is 0 Å². The molecule has 0 radical (unpaired) electrons. The van der Waals surface area contributed by atoms with Crippen molar-refractivity contribution in [3.8, 4) is 0 Å². The van der Waals surface area contributed by atoms with E-state index in [4.69, 9.17) is 4.98 Å². The average Bonchev–Trinajstić information content (AvgIpc) is 2.97. The van der Waals surface area contributed by atoms with Crippen LogP contribution < -0.4 is 0 Å². The van der Waals surface area contributed by atoms with Crippen LogP contribution in [0.15, 0.2) is 72.4 Å². The van der Waals surface area contributed by atoms with Gasteiger partial charge < -0.3 is 4.57 Å². The molecule has 0 unspecified atom stereocenters. The third-order valence-corrected chi connectivity index (χ3v) is 4.97. The zero-order chi connectivity index (χ0) is 17.1. The number of aryl methyl sites for hydroxylation is 1. The molecule has 4 aromatic rings. The summed E-state index contributed by atoms with van der Waals surface area (Å²) in [5.74, 6) is 0.929. The van der Waals surface area contributed by atoms with Gasteiger partial charge in [0.05, 0.1) is 5.52 Å². The van der Waals surface area contributed by atoms with Crippen molar-refractivity contribution in [2.45, 2.75) is 18.1 Å². The minimum atomic E-state index is 0.705. The van der Waals surface area contributed by atoms with E-state index in [1.165, 1.54) is 5.56 Å². The van der Waals surface area contributed by atoms with Crippen molar-refractivity contribution < 1.29 is 0 Å². The molecule has 4 nitrogen and oxygen atoms in total. The van der Waals surface area contributed by atoms with Gasteiger partial charge in [-0.05, 0) is 18.1 Å². The van der Waals surface area contributed by atoms with E-state index in [1.807, 2.05) is 24.3 Å². The fourth-order valence-electron chi connectivity index (χ4n) is 2.97. The summed E-state index contributed by atoms with van der Waals surface area (Å²) < 4.78 is 2.15. The fraction of sp³-hybridized carbons (Fsp3) is 0.150. The van der Waals surface area contributed by atoms with Crippen LogP contribution >= 0.6 is 11.8 Å². The molecule has 0 saturated heterocycles. The second kappa shape index (κ2) is 7.07. The summed E-state index contributed by atoms with van der Waals surface area (Å²) in [6, 6.07) is 18.7. The van der Waals surface area contributed by atoms with Gasteiger partial charge in [-0.2, -0.15) is 0 Å². The van der Waals surface area contributed by atoms with Gasteiger partial charge in [-0.3, -0.25) is 0 Å². The lowest BCUT2D eigenvalue weighted by atomic mass is 10.2. The van der Waals surface area contributed by atoms with Crippen LogP contribution in [-0.2, 0) is 13.0 Å². The minimum Gasteiger partial charge on any atom is -0.320 e. The topological polar surface area (TPSA) is 43.6 Å². The van der Waals surface area contributed by atoms with Gasteiger partial charge in [0.1, 0.15) is 5.52 Å². The highest BCUT2D eigenvalue weighted by molar-refractivity contribution is 7.99. The van der Waals surface area contributed by atoms with E-state index in [2.05, 4.69) is 57.7 Å². The second-order valence-corrected chi connectivity index (χ2v) is 6.83. The predicted molar refractivity (Wildman–Crippen MR) is 104 cm³/mol. The number of benzene rings is 2. The Balaban J connectivity index is 1.64. The lowest BCUT2D eigenvalue weighted by Gasteiger charge is -2.03. The molecule has 2 heterocycles. The van der Waals surface area contributed by atoms with E-state index in [-0.39, 0.29) is 0 Å². The summed E-state index contributed by atoms with van der Waals surface area (Å²) in [4.78, 5) is 4.77. The molecule has 0 fully saturated rings. The third kappa shape index (κ3) is 3.15. The first-order valence-corrected chi connectivity index (χ1v) is 9.24. The predicted octanol–water partition coefficient (Wildman–Crippen LogP) is 4.50. The van der Waals surface area contributed by atoms with Crippen molar-refractivity contribution >= 4 is 33.8 Å². The Morgan fingerprint density at radius 2 is 1.80 bits per heavy atom. The number of para-hydroxylation sites is 1. The molecule has 25 heavy (non-hydrogen) atoms. The molecule has 5 heteroatoms. The van der Waals surface area contributed by atoms with Gasteiger partial charge in [0.2, 0.25) is 5.16 Å². The van der Waals surface area contributed by atoms with Crippen LogP contribution in [0.25, 0.3) is 22.1 Å². The maximum atomic E-state index is 4.77. The summed E-state index contributed by atoms with van der Waals surface area (Å²) >= 11 is 1.64. The summed E-state index contributed by atoms with van der Waals surface area (Å²) in [6.45, 7) is 4.57. The zero-order valence-electron chi connectivity index (χ0n) is 13.8. The molecule has 0 aliphatic carbocycles. The fourth-order valence-corrected chi connectivity index (χ4v) is 3.74. The van der Waals surface area contributed by atoms with Crippen molar-refractivity contribution in [1.82, 2.24) is 19.7 Å². The highest BCUT2D eigenvalue weighted by atomic mass is 32.2. The quantitative estimate of drug-likeness (QED) is 0.381. The third-order valence-electron chi connectivity index (χ3n) is 4.13. The van der Waals surface area contributed by atoms with Gasteiger partial charge in [-0.15, -0.1) is 16.8 Å². The van der Waals surface area contributed by atoms with E-state index in [0.29, 0.717) is 6.54 Å². The standard InChI is InChI=1S/C20H18N4S/c1-2-13-24-17-11-7-6-10-16(17)18-19(24)21-20(23-22-18)25-14-12-15-8-4-3-5-9-15/h2-11H,1,12-14H2. The van der Waals surface area contributed by atoms with Crippen LogP contribution in [0, 0.1) is 0 Å². The van der Waals surface area contributed by atoms with E-state index in [0.717, 1.165) is 39.4 Å². The van der Waals surface area contributed by atoms with E-state index < -0.39 is 0 Å². The minimum absolute atomic E-state index is 0.705. The molecule has 0 aliphatic rings. The Morgan fingerprint density at radius 3 is 2.64 bits per heavy atom. The van der Waals surface area contributed by atoms with Crippen LogP contribution in [0.3, 0.4) is 0 Å². The zero-order valence-corrected chi connectivity index (χ0v) is 14.6. The molecule has 0 bridgehead atoms. The number of nitrogens with zero attached hydrogens (tertiary/aromatic N) is 4. The van der Waals surface area contributed by atoms with Crippen LogP contribution in [0.1, 0.15) is 5.56 Å². The first-order chi connectivity index (χ1) is 12.4. The van der Waals surface area contributed by atoms with E-state index in [9.17, 15) is 0 Å². The number of aromatic nitrogens is 4. The van der Waals surface area contributed by atoms with Gasteiger partial charge in [-0.1, -0.05) is 66.4 Å². The van der Waals surface area contributed by atoms with Crippen LogP contribution in [0.4, 0.5) is 0 Å².